The fourth-order valence-corrected chi connectivity index (χ4v) is 3.32. The van der Waals surface area contributed by atoms with Crippen LogP contribution in [0.15, 0.2) is 0 Å². The first-order chi connectivity index (χ1) is 6.74. The van der Waals surface area contributed by atoms with Gasteiger partial charge in [-0.25, -0.2) is 4.52 Å². The summed E-state index contributed by atoms with van der Waals surface area (Å²) < 4.78 is 1.92. The number of nitrogens with two attached hydrogens (primary N) is 1. The van der Waals surface area contributed by atoms with Crippen LogP contribution in [0.1, 0.15) is 23.9 Å². The molecule has 4 nitrogen and oxygen atoms in total. The third kappa shape index (κ3) is 1.05. The van der Waals surface area contributed by atoms with Crippen LogP contribution in [0, 0.1) is 5.92 Å². The Hall–Kier alpha value is -1.10. The Labute approximate surface area is 85.8 Å². The van der Waals surface area contributed by atoms with E-state index in [9.17, 15) is 0 Å². The minimum Gasteiger partial charge on any atom is -0.366 e. The molecule has 1 aliphatic carbocycles. The first-order valence-corrected chi connectivity index (χ1v) is 5.68. The first-order valence-electron chi connectivity index (χ1n) is 4.87. The zero-order valence-electron chi connectivity index (χ0n) is 8.03. The van der Waals surface area contributed by atoms with Gasteiger partial charge >= 0.3 is 0 Å². The molecule has 2 heterocycles. The number of aryl methyl sites for hydroxylation is 1. The Morgan fingerprint density at radius 1 is 1.57 bits per heavy atom. The number of nitrogen functional groups attached to an aromatic ring is 1. The quantitative estimate of drug-likeness (QED) is 0.713. The van der Waals surface area contributed by atoms with E-state index in [-0.39, 0.29) is 0 Å². The van der Waals surface area contributed by atoms with Gasteiger partial charge in [0.2, 0.25) is 10.9 Å². The summed E-state index contributed by atoms with van der Waals surface area (Å²) in [6.45, 7) is 2.30. The van der Waals surface area contributed by atoms with Gasteiger partial charge in [-0.15, -0.1) is 5.10 Å². The van der Waals surface area contributed by atoms with Crippen molar-refractivity contribution in [1.82, 2.24) is 14.6 Å². The summed E-state index contributed by atoms with van der Waals surface area (Å²) in [6, 6.07) is 0. The highest BCUT2D eigenvalue weighted by atomic mass is 32.1. The number of hydrogen-bond donors (Lipinski definition) is 1. The third-order valence-corrected chi connectivity index (χ3v) is 3.89. The number of hydrogen-bond acceptors (Lipinski definition) is 4. The highest BCUT2D eigenvalue weighted by Gasteiger charge is 2.21. The van der Waals surface area contributed by atoms with Crippen molar-refractivity contribution in [1.29, 1.82) is 0 Å². The molecule has 0 amide bonds. The van der Waals surface area contributed by atoms with Gasteiger partial charge in [-0.2, -0.15) is 4.98 Å². The fourth-order valence-electron chi connectivity index (χ4n) is 2.05. The van der Waals surface area contributed by atoms with E-state index >= 15 is 0 Å². The van der Waals surface area contributed by atoms with Gasteiger partial charge in [-0.3, -0.25) is 0 Å². The lowest BCUT2D eigenvalue weighted by Gasteiger charge is -2.16. The van der Waals surface area contributed by atoms with E-state index in [0.717, 1.165) is 17.3 Å². The van der Waals surface area contributed by atoms with Gasteiger partial charge < -0.3 is 5.73 Å². The summed E-state index contributed by atoms with van der Waals surface area (Å²) in [4.78, 5) is 6.58. The van der Waals surface area contributed by atoms with Crippen molar-refractivity contribution < 1.29 is 0 Å². The van der Waals surface area contributed by atoms with Gasteiger partial charge in [0.05, 0.1) is 5.69 Å². The van der Waals surface area contributed by atoms with Gasteiger partial charge in [0.25, 0.3) is 0 Å². The summed E-state index contributed by atoms with van der Waals surface area (Å²) in [6.07, 6.45) is 3.53. The van der Waals surface area contributed by atoms with Crippen LogP contribution in [0.5, 0.6) is 0 Å². The summed E-state index contributed by atoms with van der Waals surface area (Å²) in [5, 5.41) is 4.21. The number of fused-ring (bicyclic) bond motifs is 3. The fraction of sp³-hybridized carbons (Fsp3) is 0.556. The first kappa shape index (κ1) is 8.23. The highest BCUT2D eigenvalue weighted by molar-refractivity contribution is 7.17. The van der Waals surface area contributed by atoms with Gasteiger partial charge in [0.1, 0.15) is 0 Å². The molecule has 74 valence electrons. The van der Waals surface area contributed by atoms with Crippen LogP contribution < -0.4 is 5.73 Å². The number of nitrogens with zero attached hydrogens (tertiary/aromatic N) is 3. The molecule has 1 atom stereocenters. The molecule has 0 spiro atoms. The van der Waals surface area contributed by atoms with Crippen LogP contribution in [0.3, 0.4) is 0 Å². The van der Waals surface area contributed by atoms with E-state index in [0.29, 0.717) is 5.95 Å². The predicted molar refractivity (Wildman–Crippen MR) is 56.5 cm³/mol. The van der Waals surface area contributed by atoms with Crippen molar-refractivity contribution in [3.63, 3.8) is 0 Å². The SMILES string of the molecule is CC1CCc2c(sc3nc(N)nn23)C1. The zero-order chi connectivity index (χ0) is 9.71. The molecule has 1 unspecified atom stereocenters. The molecule has 5 heteroatoms. The third-order valence-electron chi connectivity index (χ3n) is 2.79. The molecule has 0 radical (unpaired) electrons. The molecule has 0 saturated carbocycles. The van der Waals surface area contributed by atoms with Crippen LogP contribution >= 0.6 is 11.3 Å². The Kier molecular flexibility index (Phi) is 1.58. The molecule has 3 rings (SSSR count). The average molecular weight is 208 g/mol. The van der Waals surface area contributed by atoms with E-state index in [1.54, 1.807) is 11.3 Å². The molecule has 2 aromatic rings. The van der Waals surface area contributed by atoms with Crippen LogP contribution in [0.25, 0.3) is 4.96 Å². The van der Waals surface area contributed by atoms with Gasteiger partial charge in [-0.05, 0) is 25.2 Å². The van der Waals surface area contributed by atoms with Crippen LogP contribution in [-0.2, 0) is 12.8 Å². The number of thiazole rings is 1. The summed E-state index contributed by atoms with van der Waals surface area (Å²) in [7, 11) is 0. The normalized spacial score (nSPS) is 21.4. The molecule has 0 fully saturated rings. The summed E-state index contributed by atoms with van der Waals surface area (Å²) in [5.41, 5.74) is 6.89. The molecular weight excluding hydrogens is 196 g/mol. The van der Waals surface area contributed by atoms with Gasteiger partial charge in [-0.1, -0.05) is 18.3 Å². The minimum absolute atomic E-state index is 0.387. The second kappa shape index (κ2) is 2.70. The smallest absolute Gasteiger partial charge is 0.241 e. The number of aromatic nitrogens is 3. The van der Waals surface area contributed by atoms with E-state index in [2.05, 4.69) is 17.0 Å². The molecule has 0 bridgehead atoms. The molecular formula is C9H12N4S. The maximum atomic E-state index is 5.56. The van der Waals surface area contributed by atoms with Gasteiger partial charge in [0.15, 0.2) is 0 Å². The Morgan fingerprint density at radius 3 is 3.29 bits per heavy atom. The van der Waals surface area contributed by atoms with Crippen molar-refractivity contribution in [2.45, 2.75) is 26.2 Å². The summed E-state index contributed by atoms with van der Waals surface area (Å²) >= 11 is 1.73. The van der Waals surface area contributed by atoms with Crippen molar-refractivity contribution >= 4 is 22.2 Å². The van der Waals surface area contributed by atoms with E-state index < -0.39 is 0 Å². The average Bonchev–Trinajstić information content (AvgIpc) is 2.59. The van der Waals surface area contributed by atoms with Crippen molar-refractivity contribution in [3.05, 3.63) is 10.6 Å². The van der Waals surface area contributed by atoms with Crippen molar-refractivity contribution in [2.75, 3.05) is 5.73 Å². The van der Waals surface area contributed by atoms with Crippen molar-refractivity contribution in [2.24, 2.45) is 5.92 Å². The van der Waals surface area contributed by atoms with E-state index in [1.165, 1.54) is 23.4 Å². The van der Waals surface area contributed by atoms with Crippen molar-refractivity contribution in [3.8, 4) is 0 Å². The second-order valence-corrected chi connectivity index (χ2v) is 5.05. The molecule has 0 aromatic carbocycles. The zero-order valence-corrected chi connectivity index (χ0v) is 8.84. The maximum Gasteiger partial charge on any atom is 0.241 e. The number of anilines is 1. The molecule has 2 N–H and O–H groups in total. The van der Waals surface area contributed by atoms with E-state index in [1.807, 2.05) is 4.52 Å². The van der Waals surface area contributed by atoms with Crippen LogP contribution in [-0.4, -0.2) is 14.6 Å². The lowest BCUT2D eigenvalue weighted by atomic mass is 9.93. The largest absolute Gasteiger partial charge is 0.366 e. The minimum atomic E-state index is 0.387. The molecule has 0 saturated heterocycles. The molecule has 2 aromatic heterocycles. The molecule has 0 aliphatic heterocycles. The van der Waals surface area contributed by atoms with Gasteiger partial charge in [0, 0.05) is 4.88 Å². The highest BCUT2D eigenvalue weighted by Crippen LogP contribution is 2.31. The standard InChI is InChI=1S/C9H12N4S/c1-5-2-3-6-7(4-5)14-9-11-8(10)12-13(6)9/h5H,2-4H2,1H3,(H2,10,12). The lowest BCUT2D eigenvalue weighted by Crippen LogP contribution is -2.11. The van der Waals surface area contributed by atoms with E-state index in [4.69, 9.17) is 5.73 Å². The Balaban J connectivity index is 2.21. The van der Waals surface area contributed by atoms with Crippen LogP contribution in [0.2, 0.25) is 0 Å². The lowest BCUT2D eigenvalue weighted by molar-refractivity contribution is 0.496. The topological polar surface area (TPSA) is 56.2 Å². The second-order valence-electron chi connectivity index (χ2n) is 3.98. The monoisotopic (exact) mass is 208 g/mol. The number of rotatable bonds is 0. The van der Waals surface area contributed by atoms with Crippen LogP contribution in [0.4, 0.5) is 5.95 Å². The molecule has 1 aliphatic rings. The Morgan fingerprint density at radius 2 is 2.43 bits per heavy atom. The molecule has 14 heavy (non-hydrogen) atoms. The summed E-state index contributed by atoms with van der Waals surface area (Å²) in [5.74, 6) is 1.18. The maximum absolute atomic E-state index is 5.56. The predicted octanol–water partition coefficient (Wildman–Crippen LogP) is 1.50. The Bertz CT molecular complexity index is 484.